The first kappa shape index (κ1) is 19.9. The number of hydrogen-bond acceptors (Lipinski definition) is 2. The van der Waals surface area contributed by atoms with Crippen molar-refractivity contribution in [3.05, 3.63) is 114 Å². The van der Waals surface area contributed by atoms with E-state index in [9.17, 15) is 4.79 Å². The van der Waals surface area contributed by atoms with Gasteiger partial charge in [0.25, 0.3) is 5.91 Å². The molecule has 7 rings (SSSR count). The van der Waals surface area contributed by atoms with E-state index in [1.54, 1.807) is 7.11 Å². The van der Waals surface area contributed by atoms with E-state index >= 15 is 0 Å². The van der Waals surface area contributed by atoms with Crippen molar-refractivity contribution >= 4 is 27.7 Å². The van der Waals surface area contributed by atoms with Crippen LogP contribution in [0.2, 0.25) is 0 Å². The zero-order chi connectivity index (χ0) is 23.5. The van der Waals surface area contributed by atoms with Crippen LogP contribution in [-0.4, -0.2) is 22.2 Å². The number of rotatable bonds is 4. The topological polar surface area (TPSA) is 36.2 Å². The number of hydrogen-bond donors (Lipinski definition) is 0. The summed E-state index contributed by atoms with van der Waals surface area (Å²) >= 11 is 0. The number of nitrogens with zero attached hydrogens (tertiary/aromatic N) is 2. The third-order valence-corrected chi connectivity index (χ3v) is 7.03. The number of ether oxygens (including phenoxy) is 1. The van der Waals surface area contributed by atoms with Crippen LogP contribution in [0.1, 0.15) is 16.1 Å². The maximum atomic E-state index is 14.2. The van der Waals surface area contributed by atoms with Gasteiger partial charge in [-0.15, -0.1) is 0 Å². The standard InChI is InChI=1S/C31H22N2O2/c1-35-22-16-17-26-24(18-22)27(21-12-6-3-7-13-21)29-28-23-14-8-9-15-25(23)32(30(28)31(34)33(26)29)19-20-10-4-2-5-11-20/h2-18H,19H2,1H3. The molecule has 168 valence electrons. The van der Waals surface area contributed by atoms with Crippen LogP contribution in [0, 0.1) is 0 Å². The molecule has 0 aliphatic carbocycles. The predicted molar refractivity (Wildman–Crippen MR) is 140 cm³/mol. The van der Waals surface area contributed by atoms with Gasteiger partial charge >= 0.3 is 0 Å². The molecule has 6 aromatic rings. The third-order valence-electron chi connectivity index (χ3n) is 7.03. The van der Waals surface area contributed by atoms with Crippen LogP contribution in [0.5, 0.6) is 5.75 Å². The summed E-state index contributed by atoms with van der Waals surface area (Å²) < 4.78 is 9.63. The minimum Gasteiger partial charge on any atom is -0.497 e. The zero-order valence-electron chi connectivity index (χ0n) is 19.2. The molecule has 4 heteroatoms. The van der Waals surface area contributed by atoms with Crippen LogP contribution in [0.25, 0.3) is 44.2 Å². The van der Waals surface area contributed by atoms with E-state index in [0.29, 0.717) is 6.54 Å². The molecule has 0 saturated heterocycles. The molecule has 0 amide bonds. The Bertz CT molecular complexity index is 1760. The van der Waals surface area contributed by atoms with Crippen molar-refractivity contribution in [2.45, 2.75) is 6.54 Å². The molecule has 35 heavy (non-hydrogen) atoms. The maximum Gasteiger partial charge on any atom is 0.280 e. The molecule has 3 heterocycles. The van der Waals surface area contributed by atoms with Gasteiger partial charge in [0.05, 0.1) is 18.3 Å². The lowest BCUT2D eigenvalue weighted by Crippen LogP contribution is -2.13. The monoisotopic (exact) mass is 454 g/mol. The van der Waals surface area contributed by atoms with Crippen LogP contribution in [-0.2, 0) is 6.54 Å². The Labute approximate surface area is 202 Å². The fraction of sp³-hybridized carbons (Fsp3) is 0.0645. The highest BCUT2D eigenvalue weighted by Gasteiger charge is 2.38. The predicted octanol–water partition coefficient (Wildman–Crippen LogP) is 6.99. The summed E-state index contributed by atoms with van der Waals surface area (Å²) in [6.07, 6.45) is 0. The summed E-state index contributed by atoms with van der Waals surface area (Å²) in [6.45, 7) is 0.639. The number of fused-ring (bicyclic) bond motifs is 7. The van der Waals surface area contributed by atoms with Crippen molar-refractivity contribution in [3.8, 4) is 28.1 Å². The van der Waals surface area contributed by atoms with Gasteiger partial charge in [-0.1, -0.05) is 78.9 Å². The van der Waals surface area contributed by atoms with Crippen LogP contribution in [0.4, 0.5) is 0 Å². The second-order valence-electron chi connectivity index (χ2n) is 8.93. The lowest BCUT2D eigenvalue weighted by Gasteiger charge is -2.10. The molecule has 1 aliphatic heterocycles. The molecule has 0 spiro atoms. The second-order valence-corrected chi connectivity index (χ2v) is 8.93. The first-order valence-electron chi connectivity index (χ1n) is 11.7. The van der Waals surface area contributed by atoms with Gasteiger partial charge in [-0.3, -0.25) is 9.36 Å². The summed E-state index contributed by atoms with van der Waals surface area (Å²) in [5, 5.41) is 2.11. The Kier molecular flexibility index (Phi) is 4.24. The Balaban J connectivity index is 1.60. The second kappa shape index (κ2) is 7.47. The molecule has 4 aromatic carbocycles. The van der Waals surface area contributed by atoms with E-state index in [-0.39, 0.29) is 5.91 Å². The molecule has 1 aliphatic rings. The summed E-state index contributed by atoms with van der Waals surface area (Å²) in [5.74, 6) is 0.789. The van der Waals surface area contributed by atoms with Gasteiger partial charge in [0, 0.05) is 34.0 Å². The number of methoxy groups -OCH3 is 1. The normalized spacial score (nSPS) is 12.3. The average molecular weight is 455 g/mol. The van der Waals surface area contributed by atoms with Gasteiger partial charge in [0.15, 0.2) is 0 Å². The van der Waals surface area contributed by atoms with Crippen LogP contribution in [0.15, 0.2) is 103 Å². The number of carbonyl (C=O) groups is 1. The Morgan fingerprint density at radius 3 is 2.17 bits per heavy atom. The summed E-state index contributed by atoms with van der Waals surface area (Å²) in [7, 11) is 1.67. The first-order chi connectivity index (χ1) is 17.3. The van der Waals surface area contributed by atoms with Gasteiger partial charge in [-0.2, -0.15) is 0 Å². The van der Waals surface area contributed by atoms with Crippen molar-refractivity contribution in [1.82, 2.24) is 9.13 Å². The van der Waals surface area contributed by atoms with Crippen LogP contribution < -0.4 is 4.74 Å². The number of aromatic nitrogens is 2. The lowest BCUT2D eigenvalue weighted by molar-refractivity contribution is 0.0966. The molecular formula is C31H22N2O2. The van der Waals surface area contributed by atoms with E-state index < -0.39 is 0 Å². The Morgan fingerprint density at radius 1 is 0.686 bits per heavy atom. The zero-order valence-corrected chi connectivity index (χ0v) is 19.2. The highest BCUT2D eigenvalue weighted by Crippen LogP contribution is 2.50. The molecule has 4 nitrogen and oxygen atoms in total. The van der Waals surface area contributed by atoms with E-state index in [2.05, 4.69) is 47.0 Å². The smallest absolute Gasteiger partial charge is 0.280 e. The first-order valence-corrected chi connectivity index (χ1v) is 11.7. The SMILES string of the molecule is COc1ccc2c(c1)c(-c1ccccc1)c1n2C(=O)c2c-1c1ccccc1n2Cc1ccccc1. The van der Waals surface area contributed by atoms with Crippen molar-refractivity contribution in [3.63, 3.8) is 0 Å². The van der Waals surface area contributed by atoms with E-state index in [0.717, 1.165) is 55.6 Å². The molecule has 0 atom stereocenters. The van der Waals surface area contributed by atoms with Crippen LogP contribution >= 0.6 is 0 Å². The minimum atomic E-state index is 0.0134. The molecule has 2 aromatic heterocycles. The summed E-state index contributed by atoms with van der Waals surface area (Å²) in [5.41, 5.74) is 8.00. The maximum absolute atomic E-state index is 14.2. The molecule has 0 N–H and O–H groups in total. The van der Waals surface area contributed by atoms with Gasteiger partial charge in [-0.25, -0.2) is 0 Å². The highest BCUT2D eigenvalue weighted by molar-refractivity contribution is 6.24. The lowest BCUT2D eigenvalue weighted by atomic mass is 9.97. The van der Waals surface area contributed by atoms with Gasteiger partial charge in [-0.05, 0) is 35.4 Å². The Hall–Kier alpha value is -4.57. The van der Waals surface area contributed by atoms with Crippen LogP contribution in [0.3, 0.4) is 0 Å². The molecule has 0 unspecified atom stereocenters. The minimum absolute atomic E-state index is 0.0134. The fourth-order valence-electron chi connectivity index (χ4n) is 5.54. The van der Waals surface area contributed by atoms with Crippen molar-refractivity contribution < 1.29 is 9.53 Å². The van der Waals surface area contributed by atoms with Gasteiger partial charge in [0.1, 0.15) is 11.4 Å². The van der Waals surface area contributed by atoms with E-state index in [1.165, 1.54) is 5.56 Å². The summed E-state index contributed by atoms with van der Waals surface area (Å²) in [4.78, 5) is 14.2. The number of benzene rings is 4. The molecule has 0 bridgehead atoms. The van der Waals surface area contributed by atoms with Crippen molar-refractivity contribution in [2.75, 3.05) is 7.11 Å². The van der Waals surface area contributed by atoms with Crippen molar-refractivity contribution in [2.24, 2.45) is 0 Å². The Morgan fingerprint density at radius 2 is 1.40 bits per heavy atom. The molecule has 0 saturated carbocycles. The number of para-hydroxylation sites is 1. The van der Waals surface area contributed by atoms with Crippen molar-refractivity contribution in [1.29, 1.82) is 0 Å². The number of carbonyl (C=O) groups excluding carboxylic acids is 1. The van der Waals surface area contributed by atoms with E-state index in [4.69, 9.17) is 4.74 Å². The molecular weight excluding hydrogens is 432 g/mol. The largest absolute Gasteiger partial charge is 0.497 e. The average Bonchev–Trinajstić information content (AvgIpc) is 3.51. The van der Waals surface area contributed by atoms with Gasteiger partial charge < -0.3 is 9.30 Å². The quantitative estimate of drug-likeness (QED) is 0.287. The fourth-order valence-corrected chi connectivity index (χ4v) is 5.54. The van der Waals surface area contributed by atoms with E-state index in [1.807, 2.05) is 65.2 Å². The van der Waals surface area contributed by atoms with Gasteiger partial charge in [0.2, 0.25) is 0 Å². The summed E-state index contributed by atoms with van der Waals surface area (Å²) in [6, 6.07) is 35.0. The molecule has 0 radical (unpaired) electrons. The molecule has 0 fully saturated rings. The highest BCUT2D eigenvalue weighted by atomic mass is 16.5. The third kappa shape index (κ3) is 2.77.